The molecule has 0 spiro atoms. The lowest BCUT2D eigenvalue weighted by atomic mass is 10.2. The van der Waals surface area contributed by atoms with Crippen LogP contribution in [0.1, 0.15) is 17.5 Å². The number of amides is 1. The standard InChI is InChI=1S/C14H13F4N3O3/c1-2-21(7-10(22)14(16,17)18)13(23)11-19-12(24-20-11)8-3-5-9(15)6-4-8/h3-6,10,22H,2,7H2,1H3/t10-/m1/s1. The monoisotopic (exact) mass is 347 g/mol. The lowest BCUT2D eigenvalue weighted by Crippen LogP contribution is -2.43. The minimum absolute atomic E-state index is 0.0780. The number of carbonyl (C=O) groups is 1. The maximum Gasteiger partial charge on any atom is 0.416 e. The van der Waals surface area contributed by atoms with Crippen molar-refractivity contribution >= 4 is 5.91 Å². The van der Waals surface area contributed by atoms with Gasteiger partial charge in [-0.1, -0.05) is 5.16 Å². The van der Waals surface area contributed by atoms with Crippen molar-refractivity contribution in [3.8, 4) is 11.5 Å². The molecule has 130 valence electrons. The Morgan fingerprint density at radius 3 is 2.50 bits per heavy atom. The number of aromatic nitrogens is 2. The Morgan fingerprint density at radius 2 is 1.96 bits per heavy atom. The Hall–Kier alpha value is -2.49. The van der Waals surface area contributed by atoms with Gasteiger partial charge in [0.15, 0.2) is 6.10 Å². The molecule has 0 unspecified atom stereocenters. The molecular weight excluding hydrogens is 334 g/mol. The molecule has 1 heterocycles. The average molecular weight is 347 g/mol. The van der Waals surface area contributed by atoms with Crippen molar-refractivity contribution in [3.63, 3.8) is 0 Å². The minimum Gasteiger partial charge on any atom is -0.382 e. The van der Waals surface area contributed by atoms with Gasteiger partial charge in [0.2, 0.25) is 0 Å². The van der Waals surface area contributed by atoms with E-state index in [1.54, 1.807) is 0 Å². The molecule has 0 aliphatic heterocycles. The molecule has 0 saturated carbocycles. The highest BCUT2D eigenvalue weighted by Gasteiger charge is 2.40. The maximum absolute atomic E-state index is 12.9. The van der Waals surface area contributed by atoms with Gasteiger partial charge in [-0.2, -0.15) is 18.2 Å². The first-order valence-corrected chi connectivity index (χ1v) is 6.86. The van der Waals surface area contributed by atoms with Crippen molar-refractivity contribution in [2.45, 2.75) is 19.2 Å². The molecule has 2 aromatic rings. The van der Waals surface area contributed by atoms with Crippen LogP contribution in [0.4, 0.5) is 17.6 Å². The summed E-state index contributed by atoms with van der Waals surface area (Å²) in [6.45, 7) is 0.410. The van der Waals surface area contributed by atoms with Gasteiger partial charge in [0, 0.05) is 12.1 Å². The first kappa shape index (κ1) is 17.9. The van der Waals surface area contributed by atoms with Crippen molar-refractivity contribution < 1.29 is 32.0 Å². The van der Waals surface area contributed by atoms with E-state index in [2.05, 4.69) is 10.1 Å². The first-order valence-electron chi connectivity index (χ1n) is 6.86. The Morgan fingerprint density at radius 1 is 1.33 bits per heavy atom. The van der Waals surface area contributed by atoms with E-state index in [-0.39, 0.29) is 12.4 Å². The largest absolute Gasteiger partial charge is 0.416 e. The average Bonchev–Trinajstić information content (AvgIpc) is 3.01. The molecule has 1 amide bonds. The minimum atomic E-state index is -4.84. The zero-order valence-corrected chi connectivity index (χ0v) is 12.4. The smallest absolute Gasteiger partial charge is 0.382 e. The van der Waals surface area contributed by atoms with Crippen LogP contribution in [0, 0.1) is 5.82 Å². The van der Waals surface area contributed by atoms with E-state index in [1.165, 1.54) is 19.1 Å². The number of rotatable bonds is 5. The molecule has 0 aliphatic carbocycles. The van der Waals surface area contributed by atoms with Crippen molar-refractivity contribution in [1.82, 2.24) is 15.0 Å². The third-order valence-electron chi connectivity index (χ3n) is 3.15. The van der Waals surface area contributed by atoms with Crippen LogP contribution < -0.4 is 0 Å². The normalized spacial score (nSPS) is 12.9. The van der Waals surface area contributed by atoms with Crippen LogP contribution >= 0.6 is 0 Å². The zero-order chi connectivity index (χ0) is 17.9. The molecule has 0 bridgehead atoms. The Labute approximate surface area is 133 Å². The van der Waals surface area contributed by atoms with Crippen molar-refractivity contribution in [1.29, 1.82) is 0 Å². The Balaban J connectivity index is 2.15. The van der Waals surface area contributed by atoms with E-state index in [1.807, 2.05) is 0 Å². The molecule has 1 aromatic heterocycles. The molecule has 1 aromatic carbocycles. The molecule has 10 heteroatoms. The lowest BCUT2D eigenvalue weighted by Gasteiger charge is -2.23. The SMILES string of the molecule is CCN(C[C@@H](O)C(F)(F)F)C(=O)c1noc(-c2ccc(F)cc2)n1. The topological polar surface area (TPSA) is 79.5 Å². The van der Waals surface area contributed by atoms with Crippen LogP contribution in [0.5, 0.6) is 0 Å². The summed E-state index contributed by atoms with van der Waals surface area (Å²) < 4.78 is 54.9. The predicted molar refractivity (Wildman–Crippen MR) is 73.3 cm³/mol. The highest BCUT2D eigenvalue weighted by Crippen LogP contribution is 2.22. The number of hydrogen-bond donors (Lipinski definition) is 1. The molecule has 0 fully saturated rings. The van der Waals surface area contributed by atoms with E-state index in [9.17, 15) is 22.4 Å². The number of aliphatic hydroxyl groups excluding tert-OH is 1. The second kappa shape index (κ2) is 6.95. The van der Waals surface area contributed by atoms with Crippen LogP contribution in [0.25, 0.3) is 11.5 Å². The third kappa shape index (κ3) is 4.07. The predicted octanol–water partition coefficient (Wildman–Crippen LogP) is 2.26. The van der Waals surface area contributed by atoms with Gasteiger partial charge in [0.05, 0.1) is 6.54 Å². The van der Waals surface area contributed by atoms with E-state index >= 15 is 0 Å². The van der Waals surface area contributed by atoms with Crippen LogP contribution in [-0.2, 0) is 0 Å². The van der Waals surface area contributed by atoms with Gasteiger partial charge in [-0.05, 0) is 31.2 Å². The highest BCUT2D eigenvalue weighted by molar-refractivity contribution is 5.90. The summed E-state index contributed by atoms with van der Waals surface area (Å²) in [5.41, 5.74) is 0.348. The summed E-state index contributed by atoms with van der Waals surface area (Å²) in [5.74, 6) is -1.93. The number of hydrogen-bond acceptors (Lipinski definition) is 5. The number of alkyl halides is 3. The van der Waals surface area contributed by atoms with E-state index in [0.29, 0.717) is 5.56 Å². The van der Waals surface area contributed by atoms with Crippen molar-refractivity contribution in [3.05, 3.63) is 35.9 Å². The summed E-state index contributed by atoms with van der Waals surface area (Å²) in [6.07, 6.45) is -7.52. The van der Waals surface area contributed by atoms with Gasteiger partial charge >= 0.3 is 6.18 Å². The van der Waals surface area contributed by atoms with Gasteiger partial charge in [-0.3, -0.25) is 4.79 Å². The summed E-state index contributed by atoms with van der Waals surface area (Å²) in [7, 11) is 0. The molecule has 1 N–H and O–H groups in total. The molecule has 0 saturated heterocycles. The Kier molecular flexibility index (Phi) is 5.17. The number of halogens is 4. The van der Waals surface area contributed by atoms with Gasteiger partial charge < -0.3 is 14.5 Å². The molecule has 6 nitrogen and oxygen atoms in total. The van der Waals surface area contributed by atoms with Gasteiger partial charge in [-0.15, -0.1) is 0 Å². The van der Waals surface area contributed by atoms with Crippen LogP contribution in [0.15, 0.2) is 28.8 Å². The zero-order valence-electron chi connectivity index (χ0n) is 12.4. The second-order valence-corrected chi connectivity index (χ2v) is 4.83. The molecule has 2 rings (SSSR count). The number of likely N-dealkylation sites (N-methyl/N-ethyl adjacent to an activating group) is 1. The second-order valence-electron chi connectivity index (χ2n) is 4.83. The van der Waals surface area contributed by atoms with Gasteiger partial charge in [-0.25, -0.2) is 4.39 Å². The molecule has 0 aliphatic rings. The lowest BCUT2D eigenvalue weighted by molar-refractivity contribution is -0.206. The van der Waals surface area contributed by atoms with E-state index in [4.69, 9.17) is 9.63 Å². The summed E-state index contributed by atoms with van der Waals surface area (Å²) in [6, 6.07) is 5.00. The van der Waals surface area contributed by atoms with Crippen LogP contribution in [-0.4, -0.2) is 51.4 Å². The molecule has 1 atom stereocenters. The Bertz CT molecular complexity index is 700. The molecule has 24 heavy (non-hydrogen) atoms. The highest BCUT2D eigenvalue weighted by atomic mass is 19.4. The molecular formula is C14H13F4N3O3. The third-order valence-corrected chi connectivity index (χ3v) is 3.15. The van der Waals surface area contributed by atoms with Gasteiger partial charge in [0.25, 0.3) is 17.6 Å². The maximum atomic E-state index is 12.9. The fourth-order valence-electron chi connectivity index (χ4n) is 1.83. The number of aliphatic hydroxyl groups is 1. The van der Waals surface area contributed by atoms with Crippen molar-refractivity contribution in [2.24, 2.45) is 0 Å². The van der Waals surface area contributed by atoms with E-state index < -0.39 is 36.4 Å². The summed E-state index contributed by atoms with van der Waals surface area (Å²) in [5, 5.41) is 12.5. The first-order chi connectivity index (χ1) is 11.2. The van der Waals surface area contributed by atoms with Crippen molar-refractivity contribution in [2.75, 3.05) is 13.1 Å². The van der Waals surface area contributed by atoms with Gasteiger partial charge in [0.1, 0.15) is 5.82 Å². The number of benzene rings is 1. The fraction of sp³-hybridized carbons (Fsp3) is 0.357. The van der Waals surface area contributed by atoms with E-state index in [0.717, 1.165) is 17.0 Å². The number of carbonyl (C=O) groups excluding carboxylic acids is 1. The summed E-state index contributed by atoms with van der Waals surface area (Å²) >= 11 is 0. The number of nitrogens with zero attached hydrogens (tertiary/aromatic N) is 3. The quantitative estimate of drug-likeness (QED) is 0.840. The fourth-order valence-corrected chi connectivity index (χ4v) is 1.83. The summed E-state index contributed by atoms with van der Waals surface area (Å²) in [4.78, 5) is 16.7. The van der Waals surface area contributed by atoms with Crippen LogP contribution in [0.2, 0.25) is 0 Å². The van der Waals surface area contributed by atoms with Crippen LogP contribution in [0.3, 0.4) is 0 Å². The molecule has 0 radical (unpaired) electrons.